The molecule has 0 aliphatic heterocycles. The number of anilines is 1. The van der Waals surface area contributed by atoms with E-state index in [0.717, 1.165) is 10.0 Å². The number of halogens is 1. The van der Waals surface area contributed by atoms with Gasteiger partial charge in [0.2, 0.25) is 0 Å². The van der Waals surface area contributed by atoms with Gasteiger partial charge in [0.1, 0.15) is 11.6 Å². The molecule has 2 aromatic rings. The Kier molecular flexibility index (Phi) is 2.78. The highest BCUT2D eigenvalue weighted by atomic mass is 79.9. The van der Waals surface area contributed by atoms with Gasteiger partial charge in [-0.1, -0.05) is 34.1 Å². The van der Waals surface area contributed by atoms with E-state index < -0.39 is 0 Å². The summed E-state index contributed by atoms with van der Waals surface area (Å²) in [5.41, 5.74) is 6.70. The minimum atomic E-state index is -0.210. The number of aromatic nitrogens is 2. The Hall–Kier alpha value is -1.62. The zero-order valence-corrected chi connectivity index (χ0v) is 10.2. The van der Waals surface area contributed by atoms with Crippen LogP contribution in [-0.4, -0.2) is 9.97 Å². The average molecular weight is 280 g/mol. The van der Waals surface area contributed by atoms with E-state index in [1.165, 1.54) is 0 Å². The van der Waals surface area contributed by atoms with E-state index in [-0.39, 0.29) is 11.4 Å². The van der Waals surface area contributed by atoms with Gasteiger partial charge in [0.25, 0.3) is 5.56 Å². The number of nitrogens with one attached hydrogen (secondary N) is 1. The van der Waals surface area contributed by atoms with Crippen LogP contribution in [0.2, 0.25) is 0 Å². The van der Waals surface area contributed by atoms with Crippen LogP contribution in [0, 0.1) is 6.92 Å². The largest absolute Gasteiger partial charge is 0.383 e. The predicted molar refractivity (Wildman–Crippen MR) is 67.1 cm³/mol. The summed E-state index contributed by atoms with van der Waals surface area (Å²) in [4.78, 5) is 18.4. The number of nitrogen functional groups attached to an aromatic ring is 1. The van der Waals surface area contributed by atoms with E-state index in [9.17, 15) is 4.79 Å². The van der Waals surface area contributed by atoms with E-state index in [2.05, 4.69) is 25.9 Å². The summed E-state index contributed by atoms with van der Waals surface area (Å²) in [6, 6.07) is 7.50. The Morgan fingerprint density at radius 3 is 2.69 bits per heavy atom. The monoisotopic (exact) mass is 279 g/mol. The number of nitrogens with zero attached hydrogens (tertiary/aromatic N) is 1. The minimum Gasteiger partial charge on any atom is -0.383 e. The Balaban J connectivity index is 2.67. The molecule has 5 heteroatoms. The molecule has 0 saturated heterocycles. The molecule has 0 fully saturated rings. The van der Waals surface area contributed by atoms with Gasteiger partial charge in [-0.2, -0.15) is 0 Å². The van der Waals surface area contributed by atoms with Crippen molar-refractivity contribution in [3.63, 3.8) is 0 Å². The second-order valence-electron chi connectivity index (χ2n) is 3.40. The topological polar surface area (TPSA) is 71.8 Å². The standard InChI is InChI=1S/C11H10BrN3O/c1-6-9(13)14-10(15-11(6)16)7-4-2-3-5-8(7)12/h2-5H,1H3,(H3,13,14,15,16). The van der Waals surface area contributed by atoms with E-state index >= 15 is 0 Å². The molecule has 0 unspecified atom stereocenters. The van der Waals surface area contributed by atoms with Crippen molar-refractivity contribution in [2.45, 2.75) is 6.92 Å². The first-order valence-corrected chi connectivity index (χ1v) is 5.50. The molecule has 2 rings (SSSR count). The van der Waals surface area contributed by atoms with Crippen molar-refractivity contribution in [1.29, 1.82) is 0 Å². The average Bonchev–Trinajstić information content (AvgIpc) is 2.26. The van der Waals surface area contributed by atoms with Crippen LogP contribution in [0.5, 0.6) is 0 Å². The van der Waals surface area contributed by atoms with Crippen LogP contribution >= 0.6 is 15.9 Å². The smallest absolute Gasteiger partial charge is 0.256 e. The fourth-order valence-electron chi connectivity index (χ4n) is 1.33. The molecule has 0 atom stereocenters. The first-order chi connectivity index (χ1) is 7.59. The van der Waals surface area contributed by atoms with Gasteiger partial charge in [0.15, 0.2) is 0 Å². The number of benzene rings is 1. The number of rotatable bonds is 1. The van der Waals surface area contributed by atoms with Gasteiger partial charge in [-0.25, -0.2) is 4.98 Å². The molecule has 0 saturated carbocycles. The van der Waals surface area contributed by atoms with Gasteiger partial charge in [0, 0.05) is 10.0 Å². The molecule has 0 bridgehead atoms. The molecule has 82 valence electrons. The summed E-state index contributed by atoms with van der Waals surface area (Å²) in [6.07, 6.45) is 0. The Morgan fingerprint density at radius 1 is 1.38 bits per heavy atom. The molecule has 1 heterocycles. The third kappa shape index (κ3) is 1.86. The number of aromatic amines is 1. The lowest BCUT2D eigenvalue weighted by Crippen LogP contribution is -2.15. The molecule has 0 aliphatic rings. The predicted octanol–water partition coefficient (Wildman–Crippen LogP) is 2.09. The first-order valence-electron chi connectivity index (χ1n) is 4.71. The zero-order valence-electron chi connectivity index (χ0n) is 8.62. The van der Waals surface area contributed by atoms with Crippen molar-refractivity contribution in [3.05, 3.63) is 44.7 Å². The van der Waals surface area contributed by atoms with Crippen molar-refractivity contribution in [3.8, 4) is 11.4 Å². The molecule has 3 N–H and O–H groups in total. The maximum atomic E-state index is 11.6. The highest BCUT2D eigenvalue weighted by Gasteiger charge is 2.08. The van der Waals surface area contributed by atoms with E-state index in [1.54, 1.807) is 6.92 Å². The van der Waals surface area contributed by atoms with Crippen molar-refractivity contribution in [2.24, 2.45) is 0 Å². The van der Waals surface area contributed by atoms with Crippen molar-refractivity contribution < 1.29 is 0 Å². The number of hydrogen-bond donors (Lipinski definition) is 2. The summed E-state index contributed by atoms with van der Waals surface area (Å²) >= 11 is 3.40. The Bertz CT molecular complexity index is 592. The molecule has 1 aromatic heterocycles. The van der Waals surface area contributed by atoms with Gasteiger partial charge in [0.05, 0.1) is 5.56 Å². The van der Waals surface area contributed by atoms with E-state index in [4.69, 9.17) is 5.73 Å². The van der Waals surface area contributed by atoms with Crippen molar-refractivity contribution in [1.82, 2.24) is 9.97 Å². The van der Waals surface area contributed by atoms with Crippen molar-refractivity contribution >= 4 is 21.7 Å². The van der Waals surface area contributed by atoms with Crippen LogP contribution in [-0.2, 0) is 0 Å². The fourth-order valence-corrected chi connectivity index (χ4v) is 1.80. The lowest BCUT2D eigenvalue weighted by atomic mass is 10.2. The second kappa shape index (κ2) is 4.09. The summed E-state index contributed by atoms with van der Waals surface area (Å²) in [5.74, 6) is 0.732. The van der Waals surface area contributed by atoms with Gasteiger partial charge in [-0.05, 0) is 13.0 Å². The second-order valence-corrected chi connectivity index (χ2v) is 4.26. The first kappa shape index (κ1) is 10.9. The number of hydrogen-bond acceptors (Lipinski definition) is 3. The molecule has 16 heavy (non-hydrogen) atoms. The highest BCUT2D eigenvalue weighted by molar-refractivity contribution is 9.10. The number of H-pyrrole nitrogens is 1. The van der Waals surface area contributed by atoms with E-state index in [1.807, 2.05) is 24.3 Å². The minimum absolute atomic E-state index is 0.210. The molecule has 0 spiro atoms. The summed E-state index contributed by atoms with van der Waals surface area (Å²) < 4.78 is 0.862. The zero-order chi connectivity index (χ0) is 11.7. The maximum Gasteiger partial charge on any atom is 0.256 e. The number of nitrogens with two attached hydrogens (primary N) is 1. The molecule has 1 aromatic carbocycles. The van der Waals surface area contributed by atoms with Gasteiger partial charge >= 0.3 is 0 Å². The summed E-state index contributed by atoms with van der Waals surface area (Å²) in [5, 5.41) is 0. The molecular formula is C11H10BrN3O. The van der Waals surface area contributed by atoms with Crippen LogP contribution in [0.3, 0.4) is 0 Å². The third-order valence-electron chi connectivity index (χ3n) is 2.32. The van der Waals surface area contributed by atoms with Crippen molar-refractivity contribution in [2.75, 3.05) is 5.73 Å². The van der Waals surface area contributed by atoms with Crippen LogP contribution in [0.1, 0.15) is 5.56 Å². The Labute approximate surface area is 101 Å². The van der Waals surface area contributed by atoms with Gasteiger partial charge < -0.3 is 10.7 Å². The molecular weight excluding hydrogens is 270 g/mol. The normalized spacial score (nSPS) is 10.4. The van der Waals surface area contributed by atoms with Crippen LogP contribution in [0.25, 0.3) is 11.4 Å². The Morgan fingerprint density at radius 2 is 2.06 bits per heavy atom. The van der Waals surface area contributed by atoms with Gasteiger partial charge in [-0.15, -0.1) is 0 Å². The molecule has 0 amide bonds. The lowest BCUT2D eigenvalue weighted by molar-refractivity contribution is 1.09. The lowest BCUT2D eigenvalue weighted by Gasteiger charge is -2.05. The SMILES string of the molecule is Cc1c(N)nc(-c2ccccc2Br)[nH]c1=O. The summed E-state index contributed by atoms with van der Waals surface area (Å²) in [7, 11) is 0. The van der Waals surface area contributed by atoms with E-state index in [0.29, 0.717) is 11.4 Å². The molecule has 0 aliphatic carbocycles. The molecule has 0 radical (unpaired) electrons. The third-order valence-corrected chi connectivity index (χ3v) is 3.01. The highest BCUT2D eigenvalue weighted by Crippen LogP contribution is 2.24. The maximum absolute atomic E-state index is 11.6. The molecule has 4 nitrogen and oxygen atoms in total. The van der Waals surface area contributed by atoms with Gasteiger partial charge in [-0.3, -0.25) is 4.79 Å². The quantitative estimate of drug-likeness (QED) is 0.840. The van der Waals surface area contributed by atoms with Crippen LogP contribution in [0.15, 0.2) is 33.5 Å². The van der Waals surface area contributed by atoms with Crippen LogP contribution < -0.4 is 11.3 Å². The fraction of sp³-hybridized carbons (Fsp3) is 0.0909. The van der Waals surface area contributed by atoms with Crippen LogP contribution in [0.4, 0.5) is 5.82 Å². The summed E-state index contributed by atoms with van der Waals surface area (Å²) in [6.45, 7) is 1.64.